The van der Waals surface area contributed by atoms with Crippen LogP contribution in [0.3, 0.4) is 0 Å². The molecule has 0 spiro atoms. The Morgan fingerprint density at radius 3 is 2.32 bits per heavy atom. The van der Waals surface area contributed by atoms with Gasteiger partial charge in [-0.1, -0.05) is 11.6 Å². The number of nitro groups is 1. The van der Waals surface area contributed by atoms with Gasteiger partial charge in [0, 0.05) is 19.2 Å². The normalized spacial score (nSPS) is 12.2. The number of nitrogens with zero attached hydrogens (tertiary/aromatic N) is 2. The molecule has 0 fully saturated rings. The van der Waals surface area contributed by atoms with E-state index in [1.165, 1.54) is 13.1 Å². The van der Waals surface area contributed by atoms with Gasteiger partial charge in [0.2, 0.25) is 10.0 Å². The molecule has 0 heterocycles. The first-order chi connectivity index (χ1) is 8.59. The lowest BCUT2D eigenvalue weighted by atomic mass is 10.2. The molecule has 1 aromatic carbocycles. The first-order valence-corrected chi connectivity index (χ1v) is 7.33. The Balaban J connectivity index is 3.52. The average Bonchev–Trinajstić information content (AvgIpc) is 2.26. The predicted octanol–water partition coefficient (Wildman–Crippen LogP) is 2.59. The van der Waals surface area contributed by atoms with Gasteiger partial charge in [0.1, 0.15) is 5.02 Å². The highest BCUT2D eigenvalue weighted by Gasteiger charge is 2.28. The molecule has 19 heavy (non-hydrogen) atoms. The zero-order valence-corrected chi connectivity index (χ0v) is 12.6. The molecular formula is C11H15ClN2O4S. The van der Waals surface area contributed by atoms with Crippen LogP contribution in [0.2, 0.25) is 5.02 Å². The van der Waals surface area contributed by atoms with Gasteiger partial charge < -0.3 is 0 Å². The molecule has 0 amide bonds. The summed E-state index contributed by atoms with van der Waals surface area (Å²) in [5, 5.41) is 10.8. The van der Waals surface area contributed by atoms with Crippen molar-refractivity contribution in [1.82, 2.24) is 4.31 Å². The first-order valence-electron chi connectivity index (χ1n) is 5.51. The molecule has 106 valence electrons. The molecule has 0 radical (unpaired) electrons. The van der Waals surface area contributed by atoms with E-state index >= 15 is 0 Å². The van der Waals surface area contributed by atoms with E-state index in [2.05, 4.69) is 0 Å². The molecule has 0 aliphatic rings. The summed E-state index contributed by atoms with van der Waals surface area (Å²) in [5.74, 6) is 0. The van der Waals surface area contributed by atoms with Crippen molar-refractivity contribution in [2.24, 2.45) is 0 Å². The van der Waals surface area contributed by atoms with Crippen LogP contribution in [0.4, 0.5) is 5.69 Å². The lowest BCUT2D eigenvalue weighted by Gasteiger charge is -2.22. The van der Waals surface area contributed by atoms with E-state index in [4.69, 9.17) is 11.6 Å². The van der Waals surface area contributed by atoms with Gasteiger partial charge in [0.05, 0.1) is 9.82 Å². The summed E-state index contributed by atoms with van der Waals surface area (Å²) in [6.07, 6.45) is 0. The number of benzene rings is 1. The second kappa shape index (κ2) is 5.44. The van der Waals surface area contributed by atoms with Crippen LogP contribution in [0.1, 0.15) is 19.4 Å². The van der Waals surface area contributed by atoms with Crippen molar-refractivity contribution in [2.75, 3.05) is 7.05 Å². The molecule has 0 atom stereocenters. The van der Waals surface area contributed by atoms with Gasteiger partial charge in [-0.05, 0) is 32.4 Å². The van der Waals surface area contributed by atoms with Gasteiger partial charge in [-0.15, -0.1) is 0 Å². The number of hydrogen-bond donors (Lipinski definition) is 0. The number of nitro benzene ring substituents is 1. The molecule has 0 bridgehead atoms. The van der Waals surface area contributed by atoms with Crippen LogP contribution >= 0.6 is 11.6 Å². The molecule has 0 aliphatic heterocycles. The van der Waals surface area contributed by atoms with E-state index in [9.17, 15) is 18.5 Å². The Morgan fingerprint density at radius 2 is 1.89 bits per heavy atom. The van der Waals surface area contributed by atoms with E-state index < -0.39 is 20.6 Å². The fraction of sp³-hybridized carbons (Fsp3) is 0.455. The van der Waals surface area contributed by atoms with Crippen LogP contribution in [-0.2, 0) is 10.0 Å². The molecule has 0 aromatic heterocycles. The zero-order chi connectivity index (χ0) is 15.0. The lowest BCUT2D eigenvalue weighted by Crippen LogP contribution is -2.33. The van der Waals surface area contributed by atoms with Crippen LogP contribution in [0.25, 0.3) is 0 Å². The van der Waals surface area contributed by atoms with Crippen molar-refractivity contribution >= 4 is 27.3 Å². The van der Waals surface area contributed by atoms with E-state index in [1.807, 2.05) is 0 Å². The second-order valence-corrected chi connectivity index (χ2v) is 6.81. The lowest BCUT2D eigenvalue weighted by molar-refractivity contribution is -0.384. The number of rotatable bonds is 4. The Kier molecular flexibility index (Phi) is 4.54. The van der Waals surface area contributed by atoms with E-state index in [0.29, 0.717) is 5.56 Å². The van der Waals surface area contributed by atoms with Gasteiger partial charge >= 0.3 is 0 Å². The summed E-state index contributed by atoms with van der Waals surface area (Å²) in [7, 11) is -2.34. The van der Waals surface area contributed by atoms with E-state index in [1.54, 1.807) is 20.8 Å². The Labute approximate surface area is 117 Å². The summed E-state index contributed by atoms with van der Waals surface area (Å²) in [6.45, 7) is 4.99. The molecule has 0 unspecified atom stereocenters. The summed E-state index contributed by atoms with van der Waals surface area (Å²) in [6, 6.07) is 2.05. The Morgan fingerprint density at radius 1 is 1.37 bits per heavy atom. The fourth-order valence-electron chi connectivity index (χ4n) is 1.49. The van der Waals surface area contributed by atoms with Crippen LogP contribution in [0.15, 0.2) is 17.0 Å². The molecule has 0 aliphatic carbocycles. The summed E-state index contributed by atoms with van der Waals surface area (Å²) >= 11 is 5.74. The minimum absolute atomic E-state index is 0.0753. The highest BCUT2D eigenvalue weighted by Crippen LogP contribution is 2.31. The zero-order valence-electron chi connectivity index (χ0n) is 11.0. The molecule has 6 nitrogen and oxygen atoms in total. The molecular weight excluding hydrogens is 292 g/mol. The standard InChI is InChI=1S/C11H15ClN2O4S/c1-7(2)13(4)19(17,18)11-6-10(14(15)16)9(12)5-8(11)3/h5-7H,1-4H3. The quantitative estimate of drug-likeness (QED) is 0.632. The highest BCUT2D eigenvalue weighted by molar-refractivity contribution is 7.89. The van der Waals surface area contributed by atoms with Gasteiger partial charge in [-0.25, -0.2) is 8.42 Å². The smallest absolute Gasteiger partial charge is 0.258 e. The highest BCUT2D eigenvalue weighted by atomic mass is 35.5. The van der Waals surface area contributed by atoms with Crippen molar-refractivity contribution in [3.8, 4) is 0 Å². The summed E-state index contributed by atoms with van der Waals surface area (Å²) in [5.41, 5.74) is -0.0360. The maximum absolute atomic E-state index is 12.3. The van der Waals surface area contributed by atoms with Crippen LogP contribution in [0.5, 0.6) is 0 Å². The van der Waals surface area contributed by atoms with E-state index in [0.717, 1.165) is 10.4 Å². The molecule has 8 heteroatoms. The number of hydrogen-bond acceptors (Lipinski definition) is 4. The minimum atomic E-state index is -3.77. The predicted molar refractivity (Wildman–Crippen MR) is 72.9 cm³/mol. The number of sulfonamides is 1. The average molecular weight is 307 g/mol. The molecule has 0 N–H and O–H groups in total. The molecule has 1 aromatic rings. The van der Waals surface area contributed by atoms with Crippen molar-refractivity contribution in [3.63, 3.8) is 0 Å². The largest absolute Gasteiger partial charge is 0.289 e. The third-order valence-corrected chi connectivity index (χ3v) is 5.30. The van der Waals surface area contributed by atoms with Crippen molar-refractivity contribution < 1.29 is 13.3 Å². The van der Waals surface area contributed by atoms with Crippen LogP contribution in [-0.4, -0.2) is 30.7 Å². The second-order valence-electron chi connectivity index (χ2n) is 4.44. The molecule has 1 rings (SSSR count). The third-order valence-electron chi connectivity index (χ3n) is 2.83. The van der Waals surface area contributed by atoms with Gasteiger partial charge in [-0.2, -0.15) is 4.31 Å². The monoisotopic (exact) mass is 306 g/mol. The molecule has 0 saturated carbocycles. The summed E-state index contributed by atoms with van der Waals surface area (Å²) < 4.78 is 25.8. The maximum atomic E-state index is 12.3. The Hall–Kier alpha value is -1.18. The topological polar surface area (TPSA) is 80.5 Å². The Bertz CT molecular complexity index is 613. The summed E-state index contributed by atoms with van der Waals surface area (Å²) in [4.78, 5) is 10.0. The SMILES string of the molecule is Cc1cc(Cl)c([N+](=O)[O-])cc1S(=O)(=O)N(C)C(C)C. The fourth-order valence-corrected chi connectivity index (χ4v) is 3.37. The van der Waals surface area contributed by atoms with Crippen molar-refractivity contribution in [1.29, 1.82) is 0 Å². The molecule has 0 saturated heterocycles. The van der Waals surface area contributed by atoms with Crippen LogP contribution < -0.4 is 0 Å². The van der Waals surface area contributed by atoms with Crippen LogP contribution in [0, 0.1) is 17.0 Å². The van der Waals surface area contributed by atoms with Crippen molar-refractivity contribution in [3.05, 3.63) is 32.8 Å². The third kappa shape index (κ3) is 3.05. The number of halogens is 1. The minimum Gasteiger partial charge on any atom is -0.258 e. The van der Waals surface area contributed by atoms with Gasteiger partial charge in [-0.3, -0.25) is 10.1 Å². The van der Waals surface area contributed by atoms with E-state index in [-0.39, 0.29) is 16.0 Å². The number of aryl methyl sites for hydroxylation is 1. The maximum Gasteiger partial charge on any atom is 0.289 e. The first kappa shape index (κ1) is 15.9. The van der Waals surface area contributed by atoms with Gasteiger partial charge in [0.15, 0.2) is 0 Å². The van der Waals surface area contributed by atoms with Crippen molar-refractivity contribution in [2.45, 2.75) is 31.7 Å². The van der Waals surface area contributed by atoms with Gasteiger partial charge in [0.25, 0.3) is 5.69 Å².